The molecule has 0 heterocycles. The van der Waals surface area contributed by atoms with Crippen molar-refractivity contribution in [2.75, 3.05) is 13.2 Å². The van der Waals surface area contributed by atoms with E-state index in [-0.39, 0.29) is 36.4 Å². The molecule has 4 heteroatoms. The summed E-state index contributed by atoms with van der Waals surface area (Å²) in [6.45, 7) is 8.14. The van der Waals surface area contributed by atoms with Crippen molar-refractivity contribution in [1.29, 1.82) is 0 Å². The van der Waals surface area contributed by atoms with Crippen LogP contribution in [0, 0.1) is 28.6 Å². The van der Waals surface area contributed by atoms with Crippen LogP contribution in [-0.2, 0) is 0 Å². The fraction of sp³-hybridized carbons (Fsp3) is 0.800. The van der Waals surface area contributed by atoms with Gasteiger partial charge < -0.3 is 20.4 Å². The minimum atomic E-state index is -0.481. The molecule has 2 fully saturated rings. The van der Waals surface area contributed by atoms with Crippen LogP contribution in [0.4, 0.5) is 0 Å². The van der Waals surface area contributed by atoms with Crippen molar-refractivity contribution in [3.63, 3.8) is 0 Å². The van der Waals surface area contributed by atoms with Crippen LogP contribution in [0.3, 0.4) is 0 Å². The van der Waals surface area contributed by atoms with Crippen molar-refractivity contribution < 1.29 is 20.4 Å². The zero-order chi connectivity index (χ0) is 17.7. The topological polar surface area (TPSA) is 80.9 Å². The number of hydrogen-bond acceptors (Lipinski definition) is 4. The molecule has 136 valence electrons. The fourth-order valence-electron chi connectivity index (χ4n) is 5.92. The molecule has 0 radical (unpaired) electrons. The SMILES string of the molecule is C=C(CO)[C@H]1CC2=CC[C@@H]3[C@@](C)(CO)[C@H](O)CC[C@@]3(C)[C@@H]2C[C@@H]1O. The zero-order valence-electron chi connectivity index (χ0n) is 14.9. The Balaban J connectivity index is 1.94. The van der Waals surface area contributed by atoms with E-state index in [2.05, 4.69) is 19.6 Å². The minimum Gasteiger partial charge on any atom is -0.396 e. The van der Waals surface area contributed by atoms with Gasteiger partial charge in [-0.1, -0.05) is 32.1 Å². The van der Waals surface area contributed by atoms with Gasteiger partial charge >= 0.3 is 0 Å². The first kappa shape index (κ1) is 18.1. The summed E-state index contributed by atoms with van der Waals surface area (Å²) in [5.41, 5.74) is 1.60. The normalized spacial score (nSPS) is 48.2. The number of aliphatic hydroxyl groups is 4. The number of rotatable bonds is 3. The first-order valence-corrected chi connectivity index (χ1v) is 9.22. The summed E-state index contributed by atoms with van der Waals surface area (Å²) >= 11 is 0. The maximum absolute atomic E-state index is 10.7. The number of allylic oxidation sites excluding steroid dienone is 2. The van der Waals surface area contributed by atoms with Crippen LogP contribution in [0.1, 0.15) is 46.0 Å². The van der Waals surface area contributed by atoms with Crippen molar-refractivity contribution in [1.82, 2.24) is 0 Å². The number of fused-ring (bicyclic) bond motifs is 3. The standard InChI is InChI=1S/C20H32O4/c1-12(10-21)14-8-13-4-5-17-19(2,15(13)9-16(14)23)7-6-18(24)20(17,3)11-22/h4,14-18,21-24H,1,5-11H2,2-3H3/t14-,15-,16+,17+,18-,19+,20-/m1/s1. The van der Waals surface area contributed by atoms with Crippen molar-refractivity contribution in [3.8, 4) is 0 Å². The first-order chi connectivity index (χ1) is 11.3. The van der Waals surface area contributed by atoms with Gasteiger partial charge in [0.2, 0.25) is 0 Å². The van der Waals surface area contributed by atoms with Crippen molar-refractivity contribution in [2.45, 2.75) is 58.2 Å². The molecular formula is C20H32O4. The second kappa shape index (κ2) is 6.24. The Bertz CT molecular complexity index is 542. The molecule has 0 aromatic heterocycles. The average Bonchev–Trinajstić information content (AvgIpc) is 2.58. The zero-order valence-corrected chi connectivity index (χ0v) is 14.9. The maximum Gasteiger partial charge on any atom is 0.0642 e. The Kier molecular flexibility index (Phi) is 4.71. The Labute approximate surface area is 144 Å². The molecule has 4 N–H and O–H groups in total. The van der Waals surface area contributed by atoms with Crippen LogP contribution in [0.15, 0.2) is 23.8 Å². The molecular weight excluding hydrogens is 304 g/mol. The van der Waals surface area contributed by atoms with Crippen molar-refractivity contribution in [3.05, 3.63) is 23.8 Å². The summed E-state index contributed by atoms with van der Waals surface area (Å²) in [4.78, 5) is 0. The molecule has 0 bridgehead atoms. The summed E-state index contributed by atoms with van der Waals surface area (Å²) in [6, 6.07) is 0. The molecule has 0 aromatic rings. The predicted molar refractivity (Wildman–Crippen MR) is 93.2 cm³/mol. The van der Waals surface area contributed by atoms with E-state index < -0.39 is 17.6 Å². The highest BCUT2D eigenvalue weighted by atomic mass is 16.3. The van der Waals surface area contributed by atoms with Gasteiger partial charge in [-0.15, -0.1) is 0 Å². The van der Waals surface area contributed by atoms with Crippen LogP contribution in [0.25, 0.3) is 0 Å². The molecule has 0 amide bonds. The van der Waals surface area contributed by atoms with Gasteiger partial charge in [-0.3, -0.25) is 0 Å². The first-order valence-electron chi connectivity index (χ1n) is 9.22. The lowest BCUT2D eigenvalue weighted by atomic mass is 9.45. The maximum atomic E-state index is 10.7. The van der Waals surface area contributed by atoms with Gasteiger partial charge in [0.25, 0.3) is 0 Å². The van der Waals surface area contributed by atoms with Crippen LogP contribution in [0.2, 0.25) is 0 Å². The third-order valence-corrected chi connectivity index (χ3v) is 7.63. The van der Waals surface area contributed by atoms with E-state index in [1.54, 1.807) is 0 Å². The smallest absolute Gasteiger partial charge is 0.0642 e. The Morgan fingerprint density at radius 3 is 2.62 bits per heavy atom. The Morgan fingerprint density at radius 2 is 2.00 bits per heavy atom. The third kappa shape index (κ3) is 2.50. The summed E-state index contributed by atoms with van der Waals surface area (Å²) < 4.78 is 0. The van der Waals surface area contributed by atoms with Crippen LogP contribution in [-0.4, -0.2) is 45.8 Å². The van der Waals surface area contributed by atoms with Gasteiger partial charge in [-0.25, -0.2) is 0 Å². The molecule has 2 saturated carbocycles. The van der Waals surface area contributed by atoms with Crippen molar-refractivity contribution >= 4 is 0 Å². The van der Waals surface area contributed by atoms with Crippen LogP contribution < -0.4 is 0 Å². The molecule has 24 heavy (non-hydrogen) atoms. The lowest BCUT2D eigenvalue weighted by Gasteiger charge is -2.60. The molecule has 3 rings (SSSR count). The van der Waals surface area contributed by atoms with Crippen LogP contribution in [0.5, 0.6) is 0 Å². The lowest BCUT2D eigenvalue weighted by Crippen LogP contribution is -2.58. The van der Waals surface area contributed by atoms with E-state index in [9.17, 15) is 20.4 Å². The minimum absolute atomic E-state index is 0.00316. The Morgan fingerprint density at radius 1 is 1.29 bits per heavy atom. The van der Waals surface area contributed by atoms with Crippen molar-refractivity contribution in [2.24, 2.45) is 28.6 Å². The molecule has 0 aliphatic heterocycles. The molecule has 4 nitrogen and oxygen atoms in total. The highest BCUT2D eigenvalue weighted by Gasteiger charge is 2.58. The van der Waals surface area contributed by atoms with E-state index in [0.717, 1.165) is 19.3 Å². The van der Waals surface area contributed by atoms with E-state index in [4.69, 9.17) is 0 Å². The largest absolute Gasteiger partial charge is 0.396 e. The van der Waals surface area contributed by atoms with Gasteiger partial charge in [0.05, 0.1) is 25.4 Å². The third-order valence-electron chi connectivity index (χ3n) is 7.63. The molecule has 3 aliphatic rings. The fourth-order valence-corrected chi connectivity index (χ4v) is 5.92. The quantitative estimate of drug-likeness (QED) is 0.595. The molecule has 7 atom stereocenters. The highest BCUT2D eigenvalue weighted by molar-refractivity contribution is 5.26. The predicted octanol–water partition coefficient (Wildman–Crippen LogP) is 2.03. The summed E-state index contributed by atoms with van der Waals surface area (Å²) in [5, 5.41) is 40.5. The van der Waals surface area contributed by atoms with Gasteiger partial charge in [-0.2, -0.15) is 0 Å². The average molecular weight is 336 g/mol. The van der Waals surface area contributed by atoms with Gasteiger partial charge in [0.1, 0.15) is 0 Å². The molecule has 0 unspecified atom stereocenters. The lowest BCUT2D eigenvalue weighted by molar-refractivity contribution is -0.151. The monoisotopic (exact) mass is 336 g/mol. The van der Waals surface area contributed by atoms with Gasteiger partial charge in [0, 0.05) is 11.3 Å². The Hall–Kier alpha value is -0.680. The van der Waals surface area contributed by atoms with E-state index in [1.807, 2.05) is 6.92 Å². The van der Waals surface area contributed by atoms with E-state index in [1.165, 1.54) is 5.57 Å². The molecule has 0 spiro atoms. The highest BCUT2D eigenvalue weighted by Crippen LogP contribution is 2.62. The van der Waals surface area contributed by atoms with Crippen LogP contribution >= 0.6 is 0 Å². The number of aliphatic hydroxyl groups excluding tert-OH is 4. The number of hydrogen-bond donors (Lipinski definition) is 4. The molecule has 0 saturated heterocycles. The summed E-state index contributed by atoms with van der Waals surface area (Å²) in [7, 11) is 0. The second-order valence-corrected chi connectivity index (χ2v) is 8.77. The van der Waals surface area contributed by atoms with E-state index >= 15 is 0 Å². The second-order valence-electron chi connectivity index (χ2n) is 8.77. The van der Waals surface area contributed by atoms with Gasteiger partial charge in [0.15, 0.2) is 0 Å². The molecule has 0 aromatic carbocycles. The van der Waals surface area contributed by atoms with E-state index in [0.29, 0.717) is 18.4 Å². The summed E-state index contributed by atoms with van der Waals surface area (Å²) in [5.74, 6) is 0.445. The molecule has 3 aliphatic carbocycles. The van der Waals surface area contributed by atoms with Gasteiger partial charge in [-0.05, 0) is 54.9 Å². The summed E-state index contributed by atoms with van der Waals surface area (Å²) in [6.07, 6.45) is 5.27.